The Balaban J connectivity index is 2.44. The number of aromatic amines is 1. The fourth-order valence-electron chi connectivity index (χ4n) is 2.48. The molecule has 3 aromatic rings. The molecular weight excluding hydrogens is 274 g/mol. The van der Waals surface area contributed by atoms with Crippen LogP contribution in [0.25, 0.3) is 22.0 Å². The van der Waals surface area contributed by atoms with Gasteiger partial charge in [-0.2, -0.15) is 13.9 Å². The predicted octanol–water partition coefficient (Wildman–Crippen LogP) is 1.38. The Morgan fingerprint density at radius 1 is 1.30 bits per heavy atom. The summed E-state index contributed by atoms with van der Waals surface area (Å²) in [6, 6.07) is 0.933. The highest BCUT2D eigenvalue weighted by atomic mass is 19.3. The van der Waals surface area contributed by atoms with Gasteiger partial charge in [0.25, 0.3) is 5.56 Å². The first-order chi connectivity index (χ1) is 9.50. The van der Waals surface area contributed by atoms with Gasteiger partial charge in [0.05, 0.1) is 5.39 Å². The van der Waals surface area contributed by atoms with E-state index in [1.54, 1.807) is 0 Å². The van der Waals surface area contributed by atoms with Crippen LogP contribution in [0, 0.1) is 0 Å². The van der Waals surface area contributed by atoms with Crippen molar-refractivity contribution in [1.82, 2.24) is 9.72 Å². The van der Waals surface area contributed by atoms with Gasteiger partial charge in [0.1, 0.15) is 11.3 Å². The molecule has 1 aromatic carbocycles. The molecule has 6 nitrogen and oxygen atoms in total. The largest absolute Gasteiger partial charge is 0.483 e. The predicted molar refractivity (Wildman–Crippen MR) is 64.3 cm³/mol. The lowest BCUT2D eigenvalue weighted by Crippen LogP contribution is -2.36. The Morgan fingerprint density at radius 2 is 2.10 bits per heavy atom. The lowest BCUT2D eigenvalue weighted by Gasteiger charge is -2.27. The molecule has 8 heteroatoms. The first kappa shape index (κ1) is 11.2. The van der Waals surface area contributed by atoms with E-state index >= 15 is 0 Å². The minimum Gasteiger partial charge on any atom is -0.483 e. The summed E-state index contributed by atoms with van der Waals surface area (Å²) in [5.41, 5.74) is -2.05. The van der Waals surface area contributed by atoms with Crippen LogP contribution in [0.5, 0.6) is 5.75 Å². The maximum Gasteiger partial charge on any atom is 0.365 e. The first-order valence-corrected chi connectivity index (χ1v) is 5.71. The molecule has 3 heterocycles. The molecule has 20 heavy (non-hydrogen) atoms. The number of fused-ring (bicyclic) bond motifs is 2. The van der Waals surface area contributed by atoms with E-state index in [0.717, 1.165) is 0 Å². The van der Waals surface area contributed by atoms with Gasteiger partial charge in [-0.1, -0.05) is 6.07 Å². The lowest BCUT2D eigenvalue weighted by atomic mass is 10.1. The second-order valence-electron chi connectivity index (χ2n) is 4.48. The van der Waals surface area contributed by atoms with E-state index in [-0.39, 0.29) is 16.7 Å². The zero-order valence-corrected chi connectivity index (χ0v) is 9.78. The van der Waals surface area contributed by atoms with E-state index in [9.17, 15) is 18.4 Å². The van der Waals surface area contributed by atoms with E-state index in [1.165, 1.54) is 18.2 Å². The van der Waals surface area contributed by atoms with Crippen LogP contribution in [-0.4, -0.2) is 16.3 Å². The quantitative estimate of drug-likeness (QED) is 0.674. The van der Waals surface area contributed by atoms with Crippen molar-refractivity contribution in [3.8, 4) is 5.75 Å². The number of ether oxygens (including phenoxy) is 1. The van der Waals surface area contributed by atoms with Crippen molar-refractivity contribution in [1.29, 1.82) is 0 Å². The summed E-state index contributed by atoms with van der Waals surface area (Å²) < 4.78 is 38.5. The summed E-state index contributed by atoms with van der Waals surface area (Å²) in [6.07, 6.45) is 0. The van der Waals surface area contributed by atoms with Gasteiger partial charge >= 0.3 is 6.05 Å². The zero-order chi connectivity index (χ0) is 14.1. The number of H-pyrrole nitrogens is 1. The number of hydrogen-bond acceptors (Lipinski definition) is 4. The number of nitrogens with one attached hydrogen (secondary N) is 1. The Labute approximate surface area is 108 Å². The van der Waals surface area contributed by atoms with Gasteiger partial charge in [0.2, 0.25) is 11.1 Å². The van der Waals surface area contributed by atoms with Crippen molar-refractivity contribution in [3.63, 3.8) is 0 Å². The summed E-state index contributed by atoms with van der Waals surface area (Å²) in [6.45, 7) is -0.897. The maximum absolute atomic E-state index is 14.1. The van der Waals surface area contributed by atoms with E-state index < -0.39 is 34.7 Å². The molecule has 0 atom stereocenters. The van der Waals surface area contributed by atoms with Crippen LogP contribution in [0.4, 0.5) is 8.78 Å². The van der Waals surface area contributed by atoms with Gasteiger partial charge in [-0.25, -0.2) is 4.57 Å². The first-order valence-electron chi connectivity index (χ1n) is 5.71. The SMILES string of the molecule is O=c1[nH]oc2c1c(=O)c1cccc3c1n2C(F)(F)CO3. The monoisotopic (exact) mass is 280 g/mol. The molecule has 4 rings (SSSR count). The molecule has 1 N–H and O–H groups in total. The van der Waals surface area contributed by atoms with Crippen LogP contribution >= 0.6 is 0 Å². The molecule has 102 valence electrons. The van der Waals surface area contributed by atoms with Crippen LogP contribution in [-0.2, 0) is 6.05 Å². The summed E-state index contributed by atoms with van der Waals surface area (Å²) in [7, 11) is 0. The smallest absolute Gasteiger partial charge is 0.365 e. The number of para-hydroxylation sites is 1. The normalized spacial score (nSPS) is 16.5. The number of rotatable bonds is 0. The van der Waals surface area contributed by atoms with Crippen LogP contribution in [0.2, 0.25) is 0 Å². The van der Waals surface area contributed by atoms with Gasteiger partial charge < -0.3 is 9.26 Å². The maximum atomic E-state index is 14.1. The van der Waals surface area contributed by atoms with Crippen LogP contribution in [0.3, 0.4) is 0 Å². The minimum absolute atomic E-state index is 0.0127. The van der Waals surface area contributed by atoms with Gasteiger partial charge in [-0.05, 0) is 12.1 Å². The third-order valence-corrected chi connectivity index (χ3v) is 3.31. The van der Waals surface area contributed by atoms with Crippen molar-refractivity contribution in [2.24, 2.45) is 0 Å². The van der Waals surface area contributed by atoms with E-state index in [1.807, 2.05) is 5.16 Å². The highest BCUT2D eigenvalue weighted by Gasteiger charge is 2.41. The Morgan fingerprint density at radius 3 is 2.90 bits per heavy atom. The average molecular weight is 280 g/mol. The number of pyridine rings is 1. The molecule has 0 amide bonds. The lowest BCUT2D eigenvalue weighted by molar-refractivity contribution is -0.116. The van der Waals surface area contributed by atoms with Gasteiger partial charge in [-0.3, -0.25) is 9.59 Å². The van der Waals surface area contributed by atoms with E-state index in [4.69, 9.17) is 9.26 Å². The third-order valence-electron chi connectivity index (χ3n) is 3.31. The van der Waals surface area contributed by atoms with Gasteiger partial charge in [-0.15, -0.1) is 0 Å². The van der Waals surface area contributed by atoms with Gasteiger partial charge in [0, 0.05) is 0 Å². The molecule has 0 fully saturated rings. The number of halogens is 2. The summed E-state index contributed by atoms with van der Waals surface area (Å²) in [4.78, 5) is 23.8. The molecule has 1 aliphatic heterocycles. The number of benzene rings is 1. The molecule has 0 saturated heterocycles. The third kappa shape index (κ3) is 1.16. The molecule has 0 aliphatic carbocycles. The second-order valence-corrected chi connectivity index (χ2v) is 4.48. The Bertz CT molecular complexity index is 983. The van der Waals surface area contributed by atoms with Crippen molar-refractivity contribution >= 4 is 22.0 Å². The highest BCUT2D eigenvalue weighted by molar-refractivity contribution is 5.94. The van der Waals surface area contributed by atoms with Crippen LogP contribution < -0.4 is 15.7 Å². The van der Waals surface area contributed by atoms with E-state index in [0.29, 0.717) is 4.57 Å². The van der Waals surface area contributed by atoms with Gasteiger partial charge in [0.15, 0.2) is 12.0 Å². The standard InChI is InChI=1S/C12H6F2N2O4/c13-12(14)4-19-6-3-1-2-5-8(6)16(12)11-7(9(5)17)10(18)15-20-11/h1-3H,4H2,(H,15,18). The number of alkyl halides is 2. The molecule has 0 radical (unpaired) electrons. The highest BCUT2D eigenvalue weighted by Crippen LogP contribution is 2.38. The zero-order valence-electron chi connectivity index (χ0n) is 9.78. The molecule has 0 unspecified atom stereocenters. The van der Waals surface area contributed by atoms with Crippen molar-refractivity contribution < 1.29 is 18.0 Å². The summed E-state index contributed by atoms with van der Waals surface area (Å²) in [5.74, 6) is 0.149. The molecule has 0 spiro atoms. The van der Waals surface area contributed by atoms with Crippen LogP contribution in [0.15, 0.2) is 32.3 Å². The molecule has 0 saturated carbocycles. The van der Waals surface area contributed by atoms with Crippen molar-refractivity contribution in [3.05, 3.63) is 38.8 Å². The Hall–Kier alpha value is -2.64. The number of nitrogens with zero attached hydrogens (tertiary/aromatic N) is 1. The molecule has 2 aromatic heterocycles. The second kappa shape index (κ2) is 3.27. The fraction of sp³-hybridized carbons (Fsp3) is 0.167. The molecular formula is C12H6F2N2O4. The average Bonchev–Trinajstić information content (AvgIpc) is 2.78. The minimum atomic E-state index is -3.42. The fourth-order valence-corrected chi connectivity index (χ4v) is 2.48. The Kier molecular flexibility index (Phi) is 1.83. The molecule has 1 aliphatic rings. The number of hydrogen-bond donors (Lipinski definition) is 1. The van der Waals surface area contributed by atoms with E-state index in [2.05, 4.69) is 0 Å². The van der Waals surface area contributed by atoms with Crippen molar-refractivity contribution in [2.75, 3.05) is 6.61 Å². The van der Waals surface area contributed by atoms with Crippen LogP contribution in [0.1, 0.15) is 0 Å². The summed E-state index contributed by atoms with van der Waals surface area (Å²) in [5, 5.41) is 1.49. The molecule has 0 bridgehead atoms. The van der Waals surface area contributed by atoms with Crippen molar-refractivity contribution in [2.45, 2.75) is 6.05 Å². The number of aromatic nitrogens is 2. The summed E-state index contributed by atoms with van der Waals surface area (Å²) >= 11 is 0. The topological polar surface area (TPSA) is 77.2 Å².